The standard InChI is InChI=1S/C14H22N4O/c1-9-7-13(17-15)12(8-16-9)14(19)18-10(2)5-4-6-11(18)3/h7-8,10-11H,4-6,15H2,1-3H3,(H,16,17). The van der Waals surface area contributed by atoms with Gasteiger partial charge in [0, 0.05) is 24.0 Å². The van der Waals surface area contributed by atoms with Crippen molar-refractivity contribution in [1.29, 1.82) is 0 Å². The summed E-state index contributed by atoms with van der Waals surface area (Å²) in [5, 5.41) is 0. The molecule has 1 amide bonds. The fourth-order valence-electron chi connectivity index (χ4n) is 2.81. The van der Waals surface area contributed by atoms with Crippen LogP contribution in [0.5, 0.6) is 0 Å². The van der Waals surface area contributed by atoms with E-state index in [0.29, 0.717) is 11.3 Å². The molecule has 0 bridgehead atoms. The molecule has 1 aliphatic heterocycles. The second-order valence-electron chi connectivity index (χ2n) is 5.36. The zero-order valence-electron chi connectivity index (χ0n) is 11.8. The third-order valence-electron chi connectivity index (χ3n) is 3.85. The molecular weight excluding hydrogens is 240 g/mol. The number of carbonyl (C=O) groups excluding carboxylic acids is 1. The number of likely N-dealkylation sites (tertiary alicyclic amines) is 1. The van der Waals surface area contributed by atoms with Crippen molar-refractivity contribution in [3.8, 4) is 0 Å². The number of hydrazine groups is 1. The van der Waals surface area contributed by atoms with E-state index in [1.54, 1.807) is 12.3 Å². The Morgan fingerprint density at radius 3 is 2.63 bits per heavy atom. The Morgan fingerprint density at radius 1 is 1.42 bits per heavy atom. The Balaban J connectivity index is 2.32. The number of amides is 1. The van der Waals surface area contributed by atoms with Gasteiger partial charge in [-0.3, -0.25) is 15.6 Å². The first-order valence-electron chi connectivity index (χ1n) is 6.80. The number of rotatable bonds is 2. The first kappa shape index (κ1) is 13.8. The van der Waals surface area contributed by atoms with E-state index in [4.69, 9.17) is 5.84 Å². The second kappa shape index (κ2) is 5.57. The molecule has 2 atom stereocenters. The molecule has 1 aromatic heterocycles. The van der Waals surface area contributed by atoms with Gasteiger partial charge < -0.3 is 10.3 Å². The Morgan fingerprint density at radius 2 is 2.05 bits per heavy atom. The normalized spacial score (nSPS) is 23.3. The van der Waals surface area contributed by atoms with Gasteiger partial charge in [0.15, 0.2) is 0 Å². The predicted molar refractivity (Wildman–Crippen MR) is 75.7 cm³/mol. The monoisotopic (exact) mass is 262 g/mol. The molecule has 0 aliphatic carbocycles. The number of nitrogen functional groups attached to an aromatic ring is 1. The zero-order chi connectivity index (χ0) is 14.0. The van der Waals surface area contributed by atoms with E-state index in [1.807, 2.05) is 11.8 Å². The van der Waals surface area contributed by atoms with Crippen LogP contribution in [0, 0.1) is 6.92 Å². The summed E-state index contributed by atoms with van der Waals surface area (Å²) in [5.74, 6) is 5.52. The summed E-state index contributed by atoms with van der Waals surface area (Å²) in [7, 11) is 0. The van der Waals surface area contributed by atoms with Gasteiger partial charge in [-0.1, -0.05) is 0 Å². The van der Waals surface area contributed by atoms with E-state index in [2.05, 4.69) is 24.3 Å². The highest BCUT2D eigenvalue weighted by atomic mass is 16.2. The Bertz CT molecular complexity index is 465. The molecule has 2 unspecified atom stereocenters. The van der Waals surface area contributed by atoms with Crippen molar-refractivity contribution < 1.29 is 4.79 Å². The highest BCUT2D eigenvalue weighted by Gasteiger charge is 2.30. The van der Waals surface area contributed by atoms with E-state index in [1.165, 1.54) is 6.42 Å². The quantitative estimate of drug-likeness (QED) is 0.632. The number of aromatic nitrogens is 1. The summed E-state index contributed by atoms with van der Waals surface area (Å²) in [4.78, 5) is 18.9. The lowest BCUT2D eigenvalue weighted by Gasteiger charge is -2.39. The van der Waals surface area contributed by atoms with Crippen LogP contribution >= 0.6 is 0 Å². The number of hydrogen-bond donors (Lipinski definition) is 2. The predicted octanol–water partition coefficient (Wildman–Crippen LogP) is 2.08. The van der Waals surface area contributed by atoms with Crippen LogP contribution in [0.3, 0.4) is 0 Å². The highest BCUT2D eigenvalue weighted by molar-refractivity contribution is 5.99. The first-order valence-corrected chi connectivity index (χ1v) is 6.80. The lowest BCUT2D eigenvalue weighted by atomic mass is 9.96. The van der Waals surface area contributed by atoms with E-state index in [-0.39, 0.29) is 18.0 Å². The lowest BCUT2D eigenvalue weighted by molar-refractivity contribution is 0.0511. The highest BCUT2D eigenvalue weighted by Crippen LogP contribution is 2.26. The lowest BCUT2D eigenvalue weighted by Crippen LogP contribution is -2.47. The summed E-state index contributed by atoms with van der Waals surface area (Å²) >= 11 is 0. The molecule has 1 aromatic rings. The minimum Gasteiger partial charge on any atom is -0.333 e. The van der Waals surface area contributed by atoms with Crippen molar-refractivity contribution in [1.82, 2.24) is 9.88 Å². The van der Waals surface area contributed by atoms with Crippen LogP contribution in [-0.2, 0) is 0 Å². The fraction of sp³-hybridized carbons (Fsp3) is 0.571. The van der Waals surface area contributed by atoms with Crippen LogP contribution in [0.25, 0.3) is 0 Å². The molecule has 0 radical (unpaired) electrons. The number of pyridine rings is 1. The molecule has 1 saturated heterocycles. The summed E-state index contributed by atoms with van der Waals surface area (Å²) in [5.41, 5.74) is 4.63. The fourth-order valence-corrected chi connectivity index (χ4v) is 2.81. The van der Waals surface area contributed by atoms with E-state index in [9.17, 15) is 4.79 Å². The van der Waals surface area contributed by atoms with Gasteiger partial charge in [-0.15, -0.1) is 0 Å². The zero-order valence-corrected chi connectivity index (χ0v) is 11.8. The maximum atomic E-state index is 12.7. The van der Waals surface area contributed by atoms with Gasteiger partial charge in [0.2, 0.25) is 0 Å². The topological polar surface area (TPSA) is 71.2 Å². The number of nitrogens with one attached hydrogen (secondary N) is 1. The maximum absolute atomic E-state index is 12.7. The summed E-state index contributed by atoms with van der Waals surface area (Å²) < 4.78 is 0. The van der Waals surface area contributed by atoms with Crippen LogP contribution in [-0.4, -0.2) is 27.9 Å². The van der Waals surface area contributed by atoms with Crippen molar-refractivity contribution in [2.75, 3.05) is 5.43 Å². The van der Waals surface area contributed by atoms with E-state index in [0.717, 1.165) is 18.5 Å². The molecule has 0 aromatic carbocycles. The number of nitrogens with two attached hydrogens (primary N) is 1. The second-order valence-corrected chi connectivity index (χ2v) is 5.36. The maximum Gasteiger partial charge on any atom is 0.258 e. The molecule has 2 heterocycles. The molecule has 2 rings (SSSR count). The third kappa shape index (κ3) is 2.71. The summed E-state index contributed by atoms with van der Waals surface area (Å²) in [6.45, 7) is 6.08. The number of anilines is 1. The Kier molecular flexibility index (Phi) is 4.04. The van der Waals surface area contributed by atoms with Gasteiger partial charge in [-0.25, -0.2) is 0 Å². The smallest absolute Gasteiger partial charge is 0.258 e. The van der Waals surface area contributed by atoms with Crippen LogP contribution in [0.4, 0.5) is 5.69 Å². The molecule has 19 heavy (non-hydrogen) atoms. The summed E-state index contributed by atoms with van der Waals surface area (Å²) in [6, 6.07) is 2.33. The molecule has 1 aliphatic rings. The average molecular weight is 262 g/mol. The Labute approximate surface area is 114 Å². The minimum atomic E-state index is 0.0140. The molecule has 0 saturated carbocycles. The van der Waals surface area contributed by atoms with Crippen molar-refractivity contribution in [2.45, 2.75) is 52.1 Å². The van der Waals surface area contributed by atoms with Crippen molar-refractivity contribution in [3.05, 3.63) is 23.5 Å². The van der Waals surface area contributed by atoms with Crippen molar-refractivity contribution in [2.24, 2.45) is 5.84 Å². The molecule has 1 fully saturated rings. The van der Waals surface area contributed by atoms with Crippen LogP contribution in [0.2, 0.25) is 0 Å². The van der Waals surface area contributed by atoms with Crippen molar-refractivity contribution in [3.63, 3.8) is 0 Å². The molecule has 3 N–H and O–H groups in total. The number of aryl methyl sites for hydroxylation is 1. The van der Waals surface area contributed by atoms with Gasteiger partial charge >= 0.3 is 0 Å². The molecule has 5 heteroatoms. The van der Waals surface area contributed by atoms with E-state index >= 15 is 0 Å². The van der Waals surface area contributed by atoms with Crippen LogP contribution in [0.1, 0.15) is 49.2 Å². The molecule has 0 spiro atoms. The van der Waals surface area contributed by atoms with E-state index < -0.39 is 0 Å². The van der Waals surface area contributed by atoms with Crippen LogP contribution < -0.4 is 11.3 Å². The van der Waals surface area contributed by atoms with Crippen LogP contribution in [0.15, 0.2) is 12.3 Å². The summed E-state index contributed by atoms with van der Waals surface area (Å²) in [6.07, 6.45) is 4.91. The van der Waals surface area contributed by atoms with Gasteiger partial charge in [0.1, 0.15) is 0 Å². The SMILES string of the molecule is Cc1cc(NN)c(C(=O)N2C(C)CCCC2C)cn1. The Hall–Kier alpha value is -1.62. The van der Waals surface area contributed by atoms with Crippen molar-refractivity contribution >= 4 is 11.6 Å². The molecule has 5 nitrogen and oxygen atoms in total. The molecular formula is C14H22N4O. The molecule has 104 valence electrons. The number of nitrogens with zero attached hydrogens (tertiary/aromatic N) is 2. The van der Waals surface area contributed by atoms with Gasteiger partial charge in [-0.05, 0) is 46.1 Å². The van der Waals surface area contributed by atoms with Gasteiger partial charge in [0.25, 0.3) is 5.91 Å². The average Bonchev–Trinajstić information content (AvgIpc) is 2.38. The third-order valence-corrected chi connectivity index (χ3v) is 3.85. The number of hydrogen-bond acceptors (Lipinski definition) is 4. The minimum absolute atomic E-state index is 0.0140. The van der Waals surface area contributed by atoms with Gasteiger partial charge in [-0.2, -0.15) is 0 Å². The first-order chi connectivity index (χ1) is 9.04. The largest absolute Gasteiger partial charge is 0.333 e. The number of piperidine rings is 1. The number of carbonyl (C=O) groups is 1. The van der Waals surface area contributed by atoms with Gasteiger partial charge in [0.05, 0.1) is 11.3 Å².